The fraction of sp³-hybridized carbons (Fsp3) is 0.250. The van der Waals surface area contributed by atoms with Crippen molar-refractivity contribution < 1.29 is 19.8 Å². The number of hydrogen-bond donors (Lipinski definition) is 4. The Morgan fingerprint density at radius 3 is 2.44 bits per heavy atom. The van der Waals surface area contributed by atoms with Crippen molar-refractivity contribution >= 4 is 23.2 Å². The van der Waals surface area contributed by atoms with Crippen LogP contribution in [0.25, 0.3) is 0 Å². The molecule has 0 aliphatic rings. The predicted octanol–water partition coefficient (Wildman–Crippen LogP) is 3.38. The second-order valence-corrected chi connectivity index (χ2v) is 6.07. The van der Waals surface area contributed by atoms with Crippen molar-refractivity contribution in [3.63, 3.8) is 0 Å². The van der Waals surface area contributed by atoms with Crippen molar-refractivity contribution in [3.05, 3.63) is 53.6 Å². The number of carbonyl (C=O) groups is 2. The van der Waals surface area contributed by atoms with Crippen LogP contribution in [-0.4, -0.2) is 27.7 Å². The van der Waals surface area contributed by atoms with Crippen LogP contribution in [0.15, 0.2) is 47.6 Å². The number of phenolic OH excluding ortho intramolecular Hbond substituents is 2. The predicted molar refractivity (Wildman–Crippen MR) is 104 cm³/mol. The highest BCUT2D eigenvalue weighted by molar-refractivity contribution is 6.03. The minimum absolute atomic E-state index is 0.0137. The third kappa shape index (κ3) is 5.85. The van der Waals surface area contributed by atoms with Gasteiger partial charge >= 0.3 is 0 Å². The van der Waals surface area contributed by atoms with Crippen LogP contribution in [0.1, 0.15) is 49.0 Å². The van der Waals surface area contributed by atoms with Gasteiger partial charge in [-0.1, -0.05) is 13.3 Å². The second kappa shape index (κ2) is 9.38. The van der Waals surface area contributed by atoms with Crippen LogP contribution >= 0.6 is 0 Å². The van der Waals surface area contributed by atoms with Crippen LogP contribution in [0.5, 0.6) is 11.5 Å². The molecule has 0 radical (unpaired) electrons. The Labute approximate surface area is 157 Å². The Hall–Kier alpha value is -3.35. The van der Waals surface area contributed by atoms with Gasteiger partial charge in [0.05, 0.1) is 5.71 Å². The molecule has 27 heavy (non-hydrogen) atoms. The minimum Gasteiger partial charge on any atom is -0.508 e. The van der Waals surface area contributed by atoms with Crippen LogP contribution < -0.4 is 10.7 Å². The maximum atomic E-state index is 12.2. The normalized spacial score (nSPS) is 11.1. The van der Waals surface area contributed by atoms with Crippen molar-refractivity contribution in [1.82, 2.24) is 5.43 Å². The molecule has 0 heterocycles. The summed E-state index contributed by atoms with van der Waals surface area (Å²) in [5.41, 5.74) is 4.06. The molecule has 0 aromatic heterocycles. The topological polar surface area (TPSA) is 111 Å². The molecule has 0 atom stereocenters. The number of nitrogens with zero attached hydrogens (tertiary/aromatic N) is 1. The van der Waals surface area contributed by atoms with E-state index in [-0.39, 0.29) is 17.4 Å². The molecular formula is C20H23N3O4. The molecule has 7 heteroatoms. The largest absolute Gasteiger partial charge is 0.508 e. The molecule has 2 amide bonds. The Morgan fingerprint density at radius 1 is 1.07 bits per heavy atom. The number of nitrogens with one attached hydrogen (secondary N) is 2. The van der Waals surface area contributed by atoms with Crippen LogP contribution in [0, 0.1) is 0 Å². The molecule has 2 rings (SSSR count). The number of hydrazone groups is 1. The first-order valence-corrected chi connectivity index (χ1v) is 8.67. The standard InChI is InChI=1S/C20H23N3O4/c1-3-4-5-19(26)21-15-8-6-14(7-9-15)20(27)23-22-13(2)17-12-16(24)10-11-18(17)25/h6-12,24-25H,3-5H2,1-2H3,(H,21,26)(H,23,27)/b22-13-. The highest BCUT2D eigenvalue weighted by atomic mass is 16.3. The van der Waals surface area contributed by atoms with Gasteiger partial charge in [0.2, 0.25) is 5.91 Å². The number of benzene rings is 2. The van der Waals surface area contributed by atoms with Gasteiger partial charge in [-0.2, -0.15) is 5.10 Å². The van der Waals surface area contributed by atoms with E-state index < -0.39 is 5.91 Å². The molecule has 0 saturated carbocycles. The lowest BCUT2D eigenvalue weighted by molar-refractivity contribution is -0.116. The molecular weight excluding hydrogens is 346 g/mol. The number of carbonyl (C=O) groups excluding carboxylic acids is 2. The van der Waals surface area contributed by atoms with Gasteiger partial charge in [-0.05, 0) is 55.8 Å². The molecule has 0 aliphatic carbocycles. The van der Waals surface area contributed by atoms with E-state index in [1.165, 1.54) is 18.2 Å². The van der Waals surface area contributed by atoms with Crippen molar-refractivity contribution in [2.45, 2.75) is 33.1 Å². The lowest BCUT2D eigenvalue weighted by Gasteiger charge is -2.07. The number of anilines is 1. The zero-order valence-electron chi connectivity index (χ0n) is 15.3. The number of amides is 2. The second-order valence-electron chi connectivity index (χ2n) is 6.07. The summed E-state index contributed by atoms with van der Waals surface area (Å²) in [6, 6.07) is 10.5. The van der Waals surface area contributed by atoms with Crippen molar-refractivity contribution in [3.8, 4) is 11.5 Å². The monoisotopic (exact) mass is 369 g/mol. The van der Waals surface area contributed by atoms with E-state index in [9.17, 15) is 19.8 Å². The molecule has 0 bridgehead atoms. The van der Waals surface area contributed by atoms with E-state index >= 15 is 0 Å². The van der Waals surface area contributed by atoms with Gasteiger partial charge in [0.25, 0.3) is 5.91 Å². The molecule has 7 nitrogen and oxygen atoms in total. The van der Waals surface area contributed by atoms with Gasteiger partial charge in [-0.15, -0.1) is 0 Å². The number of phenols is 2. The average Bonchev–Trinajstić information content (AvgIpc) is 2.66. The SMILES string of the molecule is CCCCC(=O)Nc1ccc(C(=O)N/N=C(/C)c2cc(O)ccc2O)cc1. The summed E-state index contributed by atoms with van der Waals surface area (Å²) in [6.45, 7) is 3.62. The van der Waals surface area contributed by atoms with Gasteiger partial charge in [0.15, 0.2) is 0 Å². The van der Waals surface area contributed by atoms with E-state index in [1.54, 1.807) is 31.2 Å². The van der Waals surface area contributed by atoms with Crippen LogP contribution in [0.3, 0.4) is 0 Å². The summed E-state index contributed by atoms with van der Waals surface area (Å²) in [4.78, 5) is 23.9. The number of aromatic hydroxyl groups is 2. The lowest BCUT2D eigenvalue weighted by Crippen LogP contribution is -2.19. The van der Waals surface area contributed by atoms with E-state index in [4.69, 9.17) is 0 Å². The Morgan fingerprint density at radius 2 is 1.78 bits per heavy atom. The number of hydrogen-bond acceptors (Lipinski definition) is 5. The first-order valence-electron chi connectivity index (χ1n) is 8.67. The summed E-state index contributed by atoms with van der Waals surface area (Å²) in [5.74, 6) is -0.551. The Bertz CT molecular complexity index is 845. The van der Waals surface area contributed by atoms with Crippen molar-refractivity contribution in [2.24, 2.45) is 5.10 Å². The third-order valence-corrected chi connectivity index (χ3v) is 3.88. The Balaban J connectivity index is 1.99. The molecule has 2 aromatic rings. The molecule has 0 unspecified atom stereocenters. The van der Waals surface area contributed by atoms with Gasteiger partial charge < -0.3 is 15.5 Å². The van der Waals surface area contributed by atoms with Crippen LogP contribution in [-0.2, 0) is 4.79 Å². The molecule has 0 fully saturated rings. The first kappa shape index (κ1) is 20.0. The van der Waals surface area contributed by atoms with Crippen LogP contribution in [0.2, 0.25) is 0 Å². The summed E-state index contributed by atoms with van der Waals surface area (Å²) in [7, 11) is 0. The van der Waals surface area contributed by atoms with E-state index in [0.29, 0.717) is 28.9 Å². The lowest BCUT2D eigenvalue weighted by atomic mass is 10.1. The molecule has 4 N–H and O–H groups in total. The van der Waals surface area contributed by atoms with E-state index in [1.807, 2.05) is 6.92 Å². The smallest absolute Gasteiger partial charge is 0.271 e. The molecule has 0 aliphatic heterocycles. The summed E-state index contributed by atoms with van der Waals surface area (Å²) in [6.07, 6.45) is 2.25. The number of unbranched alkanes of at least 4 members (excludes halogenated alkanes) is 1. The van der Waals surface area contributed by atoms with Gasteiger partial charge in [0.1, 0.15) is 11.5 Å². The summed E-state index contributed by atoms with van der Waals surface area (Å²) >= 11 is 0. The minimum atomic E-state index is -0.433. The Kier molecular flexibility index (Phi) is 6.93. The molecule has 142 valence electrons. The third-order valence-electron chi connectivity index (χ3n) is 3.88. The first-order chi connectivity index (χ1) is 12.9. The fourth-order valence-corrected chi connectivity index (χ4v) is 2.34. The zero-order valence-corrected chi connectivity index (χ0v) is 15.3. The molecule has 0 saturated heterocycles. The maximum absolute atomic E-state index is 12.2. The fourth-order valence-electron chi connectivity index (χ4n) is 2.34. The van der Waals surface area contributed by atoms with Crippen molar-refractivity contribution in [2.75, 3.05) is 5.32 Å². The number of rotatable bonds is 7. The highest BCUT2D eigenvalue weighted by Gasteiger charge is 2.09. The summed E-state index contributed by atoms with van der Waals surface area (Å²) in [5, 5.41) is 26.0. The highest BCUT2D eigenvalue weighted by Crippen LogP contribution is 2.22. The quantitative estimate of drug-likeness (QED) is 0.340. The van der Waals surface area contributed by atoms with Crippen molar-refractivity contribution in [1.29, 1.82) is 0 Å². The van der Waals surface area contributed by atoms with E-state index in [0.717, 1.165) is 12.8 Å². The molecule has 0 spiro atoms. The average molecular weight is 369 g/mol. The van der Waals surface area contributed by atoms with E-state index in [2.05, 4.69) is 15.8 Å². The molecule has 2 aromatic carbocycles. The maximum Gasteiger partial charge on any atom is 0.271 e. The summed E-state index contributed by atoms with van der Waals surface area (Å²) < 4.78 is 0. The van der Waals surface area contributed by atoms with Gasteiger partial charge in [-0.25, -0.2) is 5.43 Å². The zero-order chi connectivity index (χ0) is 19.8. The van der Waals surface area contributed by atoms with Crippen LogP contribution in [0.4, 0.5) is 5.69 Å². The van der Waals surface area contributed by atoms with Gasteiger partial charge in [-0.3, -0.25) is 9.59 Å². The van der Waals surface area contributed by atoms with Gasteiger partial charge in [0, 0.05) is 23.2 Å².